The smallest absolute Gasteiger partial charge is 0.257 e. The van der Waals surface area contributed by atoms with Crippen LogP contribution in [0.15, 0.2) is 71.1 Å². The van der Waals surface area contributed by atoms with Gasteiger partial charge in [0.25, 0.3) is 5.91 Å². The fraction of sp³-hybridized carbons (Fsp3) is 0.250. The zero-order valence-corrected chi connectivity index (χ0v) is 21.5. The van der Waals surface area contributed by atoms with E-state index < -0.39 is 0 Å². The number of benzene rings is 3. The number of amides is 1. The molecule has 0 unspecified atom stereocenters. The minimum absolute atomic E-state index is 0.108. The summed E-state index contributed by atoms with van der Waals surface area (Å²) in [5.74, 6) is 0.842. The molecular formula is C28H25ClN2O2S2. The lowest BCUT2D eigenvalue weighted by Crippen LogP contribution is -2.12. The highest BCUT2D eigenvalue weighted by Gasteiger charge is 2.17. The van der Waals surface area contributed by atoms with Gasteiger partial charge in [-0.3, -0.25) is 9.59 Å². The molecule has 4 aromatic rings. The summed E-state index contributed by atoms with van der Waals surface area (Å²) in [7, 11) is 0. The van der Waals surface area contributed by atoms with Gasteiger partial charge in [-0.05, 0) is 54.7 Å². The Morgan fingerprint density at radius 2 is 1.77 bits per heavy atom. The number of Topliss-reactive ketones (excluding diaryl/α,β-unsaturated/α-hetero) is 1. The van der Waals surface area contributed by atoms with Crippen LogP contribution in [0.2, 0.25) is 5.02 Å². The van der Waals surface area contributed by atoms with E-state index in [1.165, 1.54) is 60.8 Å². The standard InChI is InChI=1S/C28H25ClN2O2S2/c29-23-9-5-4-8-22(23)27(33)30-21-14-15-24-26(16-21)35-28(31-24)34-17-25(32)20-12-10-19(11-13-20)18-6-2-1-3-7-18/h4-5,8-16,18H,1-3,6-7,17H2,(H,30,33). The van der Waals surface area contributed by atoms with E-state index in [1.807, 2.05) is 30.3 Å². The normalized spacial score (nSPS) is 14.2. The van der Waals surface area contributed by atoms with E-state index in [4.69, 9.17) is 11.6 Å². The van der Waals surface area contributed by atoms with Gasteiger partial charge in [-0.1, -0.05) is 79.0 Å². The Labute approximate surface area is 218 Å². The summed E-state index contributed by atoms with van der Waals surface area (Å²) in [6.07, 6.45) is 6.46. The molecule has 0 saturated heterocycles. The Hall–Kier alpha value is -2.67. The van der Waals surface area contributed by atoms with Gasteiger partial charge in [0, 0.05) is 11.3 Å². The number of aromatic nitrogens is 1. The Morgan fingerprint density at radius 1 is 1.00 bits per heavy atom. The molecule has 0 spiro atoms. The molecule has 0 atom stereocenters. The van der Waals surface area contributed by atoms with Crippen molar-refractivity contribution in [3.8, 4) is 0 Å². The molecule has 0 radical (unpaired) electrons. The lowest BCUT2D eigenvalue weighted by Gasteiger charge is -2.22. The van der Waals surface area contributed by atoms with E-state index in [0.29, 0.717) is 27.9 Å². The highest BCUT2D eigenvalue weighted by molar-refractivity contribution is 8.01. The average molecular weight is 521 g/mol. The molecule has 1 saturated carbocycles. The number of fused-ring (bicyclic) bond motifs is 1. The number of thioether (sulfide) groups is 1. The monoisotopic (exact) mass is 520 g/mol. The molecule has 1 N–H and O–H groups in total. The number of hydrogen-bond acceptors (Lipinski definition) is 5. The Kier molecular flexibility index (Phi) is 7.51. The van der Waals surface area contributed by atoms with Crippen LogP contribution in [0.5, 0.6) is 0 Å². The maximum atomic E-state index is 12.8. The van der Waals surface area contributed by atoms with Gasteiger partial charge >= 0.3 is 0 Å². The van der Waals surface area contributed by atoms with E-state index >= 15 is 0 Å². The third-order valence-electron chi connectivity index (χ3n) is 6.38. The van der Waals surface area contributed by atoms with Crippen LogP contribution >= 0.6 is 34.7 Å². The number of thiazole rings is 1. The van der Waals surface area contributed by atoms with Gasteiger partial charge in [0.15, 0.2) is 10.1 Å². The van der Waals surface area contributed by atoms with E-state index in [1.54, 1.807) is 24.3 Å². The Balaban J connectivity index is 1.21. The Morgan fingerprint density at radius 3 is 2.54 bits per heavy atom. The number of carbonyl (C=O) groups is 2. The SMILES string of the molecule is O=C(CSc1nc2ccc(NC(=O)c3ccccc3Cl)cc2s1)c1ccc(C2CCCCC2)cc1. The van der Waals surface area contributed by atoms with E-state index in [2.05, 4.69) is 22.4 Å². The Bertz CT molecular complexity index is 1360. The van der Waals surface area contributed by atoms with Gasteiger partial charge in [-0.25, -0.2) is 4.98 Å². The molecule has 7 heteroatoms. The fourth-order valence-corrected chi connectivity index (χ4v) is 6.70. The molecule has 3 aromatic carbocycles. The maximum Gasteiger partial charge on any atom is 0.257 e. The highest BCUT2D eigenvalue weighted by atomic mass is 35.5. The van der Waals surface area contributed by atoms with Crippen LogP contribution in [0.1, 0.15) is 64.3 Å². The number of anilines is 1. The molecule has 0 aliphatic heterocycles. The summed E-state index contributed by atoms with van der Waals surface area (Å²) in [5, 5.41) is 3.31. The van der Waals surface area contributed by atoms with E-state index in [0.717, 1.165) is 20.1 Å². The van der Waals surface area contributed by atoms with Crippen molar-refractivity contribution < 1.29 is 9.59 Å². The second-order valence-electron chi connectivity index (χ2n) is 8.77. The van der Waals surface area contributed by atoms with E-state index in [9.17, 15) is 9.59 Å². The van der Waals surface area contributed by atoms with Crippen molar-refractivity contribution in [1.82, 2.24) is 4.98 Å². The minimum Gasteiger partial charge on any atom is -0.322 e. The quantitative estimate of drug-likeness (QED) is 0.197. The first kappa shape index (κ1) is 24.0. The number of carbonyl (C=O) groups excluding carboxylic acids is 2. The predicted octanol–water partition coefficient (Wildman–Crippen LogP) is 8.22. The summed E-state index contributed by atoms with van der Waals surface area (Å²) in [4.78, 5) is 29.9. The molecule has 1 fully saturated rings. The summed E-state index contributed by atoms with van der Waals surface area (Å²) in [6.45, 7) is 0. The topological polar surface area (TPSA) is 59.1 Å². The van der Waals surface area contributed by atoms with Crippen LogP contribution in [0.4, 0.5) is 5.69 Å². The number of nitrogens with one attached hydrogen (secondary N) is 1. The molecule has 1 amide bonds. The zero-order chi connectivity index (χ0) is 24.2. The van der Waals surface area contributed by atoms with Crippen molar-refractivity contribution in [2.24, 2.45) is 0 Å². The largest absolute Gasteiger partial charge is 0.322 e. The van der Waals surface area contributed by atoms with Crippen LogP contribution < -0.4 is 5.32 Å². The van der Waals surface area contributed by atoms with Crippen molar-refractivity contribution in [3.05, 3.63) is 88.4 Å². The third kappa shape index (κ3) is 5.77. The van der Waals surface area contributed by atoms with Crippen LogP contribution in [-0.2, 0) is 0 Å². The first-order valence-electron chi connectivity index (χ1n) is 11.8. The average Bonchev–Trinajstić information content (AvgIpc) is 3.30. The highest BCUT2D eigenvalue weighted by Crippen LogP contribution is 2.34. The number of ketones is 1. The van der Waals surface area contributed by atoms with Gasteiger partial charge < -0.3 is 5.32 Å². The first-order valence-corrected chi connectivity index (χ1v) is 14.0. The van der Waals surface area contributed by atoms with Gasteiger partial charge in [-0.15, -0.1) is 11.3 Å². The van der Waals surface area contributed by atoms with Gasteiger partial charge in [-0.2, -0.15) is 0 Å². The molecule has 35 heavy (non-hydrogen) atoms. The fourth-order valence-electron chi connectivity index (χ4n) is 4.47. The predicted molar refractivity (Wildman–Crippen MR) is 146 cm³/mol. The van der Waals surface area contributed by atoms with Gasteiger partial charge in [0.1, 0.15) is 0 Å². The lowest BCUT2D eigenvalue weighted by atomic mass is 9.84. The second kappa shape index (κ2) is 10.9. The van der Waals surface area contributed by atoms with Crippen molar-refractivity contribution in [1.29, 1.82) is 0 Å². The number of rotatable bonds is 7. The number of nitrogens with zero attached hydrogens (tertiary/aromatic N) is 1. The summed E-state index contributed by atoms with van der Waals surface area (Å²) >= 11 is 9.10. The lowest BCUT2D eigenvalue weighted by molar-refractivity contribution is 0.101. The first-order chi connectivity index (χ1) is 17.1. The summed E-state index contributed by atoms with van der Waals surface area (Å²) < 4.78 is 1.79. The third-order valence-corrected chi connectivity index (χ3v) is 8.87. The zero-order valence-electron chi connectivity index (χ0n) is 19.1. The molecule has 1 heterocycles. The maximum absolute atomic E-state index is 12.8. The van der Waals surface area contributed by atoms with Crippen LogP contribution in [0.3, 0.4) is 0 Å². The van der Waals surface area contributed by atoms with Gasteiger partial charge in [0.05, 0.1) is 26.6 Å². The molecule has 1 aliphatic rings. The van der Waals surface area contributed by atoms with Crippen molar-refractivity contribution in [2.75, 3.05) is 11.1 Å². The molecular weight excluding hydrogens is 496 g/mol. The van der Waals surface area contributed by atoms with Crippen molar-refractivity contribution >= 4 is 62.3 Å². The number of hydrogen-bond donors (Lipinski definition) is 1. The summed E-state index contributed by atoms with van der Waals surface area (Å²) in [5.41, 5.74) is 4.06. The molecule has 178 valence electrons. The minimum atomic E-state index is -0.255. The molecule has 5 rings (SSSR count). The molecule has 1 aliphatic carbocycles. The van der Waals surface area contributed by atoms with Crippen LogP contribution in [-0.4, -0.2) is 22.4 Å². The summed E-state index contributed by atoms with van der Waals surface area (Å²) in [6, 6.07) is 20.8. The molecule has 1 aromatic heterocycles. The number of halogens is 1. The van der Waals surface area contributed by atoms with Crippen LogP contribution in [0.25, 0.3) is 10.2 Å². The molecule has 0 bridgehead atoms. The second-order valence-corrected chi connectivity index (χ2v) is 11.4. The van der Waals surface area contributed by atoms with Gasteiger partial charge in [0.2, 0.25) is 0 Å². The van der Waals surface area contributed by atoms with Crippen molar-refractivity contribution in [2.45, 2.75) is 42.4 Å². The van der Waals surface area contributed by atoms with Crippen LogP contribution in [0, 0.1) is 0 Å². The van der Waals surface area contributed by atoms with Crippen molar-refractivity contribution in [3.63, 3.8) is 0 Å². The van der Waals surface area contributed by atoms with E-state index in [-0.39, 0.29) is 11.7 Å². The molecule has 4 nitrogen and oxygen atoms in total.